The van der Waals surface area contributed by atoms with Crippen LogP contribution >= 0.6 is 0 Å². The Morgan fingerprint density at radius 2 is 1.43 bits per heavy atom. The van der Waals surface area contributed by atoms with Crippen molar-refractivity contribution in [3.63, 3.8) is 0 Å². The molecule has 0 atom stereocenters. The molecule has 0 aromatic heterocycles. The molecule has 2 rings (SSSR count). The van der Waals surface area contributed by atoms with E-state index in [2.05, 4.69) is 43.0 Å². The lowest BCUT2D eigenvalue weighted by molar-refractivity contribution is 0.101. The van der Waals surface area contributed by atoms with Gasteiger partial charge in [-0.3, -0.25) is 4.79 Å². The molecule has 0 saturated heterocycles. The van der Waals surface area contributed by atoms with E-state index in [0.29, 0.717) is 0 Å². The topological polar surface area (TPSA) is 17.1 Å². The van der Waals surface area contributed by atoms with Crippen LogP contribution in [0.1, 0.15) is 53.7 Å². The molecule has 1 nitrogen and oxygen atoms in total. The minimum atomic E-state index is 0.0807. The highest BCUT2D eigenvalue weighted by Crippen LogP contribution is 2.08. The average molecular weight is 276 g/mol. The summed E-state index contributed by atoms with van der Waals surface area (Å²) in [6.45, 7) is 3.78. The summed E-state index contributed by atoms with van der Waals surface area (Å²) in [6.07, 6.45) is 3.59. The van der Waals surface area contributed by atoms with Crippen molar-refractivity contribution >= 4 is 5.78 Å². The van der Waals surface area contributed by atoms with E-state index in [-0.39, 0.29) is 5.78 Å². The van der Waals surface area contributed by atoms with Gasteiger partial charge in [-0.15, -0.1) is 0 Å². The molecule has 106 valence electrons. The van der Waals surface area contributed by atoms with Gasteiger partial charge >= 0.3 is 0 Å². The van der Waals surface area contributed by atoms with Gasteiger partial charge in [-0.05, 0) is 49.6 Å². The lowest BCUT2D eigenvalue weighted by atomic mass is 10.1. The first-order valence-corrected chi connectivity index (χ1v) is 7.41. The summed E-state index contributed by atoms with van der Waals surface area (Å²) in [7, 11) is 0. The highest BCUT2D eigenvalue weighted by Gasteiger charge is 1.97. The molecule has 2 aromatic carbocycles. The molecular formula is C20H20O. The molecule has 0 radical (unpaired) electrons. The van der Waals surface area contributed by atoms with Gasteiger partial charge in [-0.25, -0.2) is 0 Å². The summed E-state index contributed by atoms with van der Waals surface area (Å²) < 4.78 is 0. The van der Waals surface area contributed by atoms with E-state index >= 15 is 0 Å². The lowest BCUT2D eigenvalue weighted by Crippen LogP contribution is -1.90. The molecule has 1 heteroatoms. The van der Waals surface area contributed by atoms with Crippen molar-refractivity contribution in [1.29, 1.82) is 0 Å². The summed E-state index contributed by atoms with van der Waals surface area (Å²) in [4.78, 5) is 11.2. The minimum absolute atomic E-state index is 0.0807. The van der Waals surface area contributed by atoms with Crippen LogP contribution in [0, 0.1) is 11.8 Å². The van der Waals surface area contributed by atoms with Crippen molar-refractivity contribution in [1.82, 2.24) is 0 Å². The van der Waals surface area contributed by atoms with Gasteiger partial charge in [0.05, 0.1) is 0 Å². The number of aryl methyl sites for hydroxylation is 1. The average Bonchev–Trinajstić information content (AvgIpc) is 2.52. The third-order valence-corrected chi connectivity index (χ3v) is 3.42. The van der Waals surface area contributed by atoms with Crippen LogP contribution in [0.5, 0.6) is 0 Å². The molecule has 0 aliphatic heterocycles. The zero-order valence-corrected chi connectivity index (χ0v) is 12.6. The van der Waals surface area contributed by atoms with Crippen molar-refractivity contribution in [2.24, 2.45) is 0 Å². The molecule has 0 saturated carbocycles. The van der Waals surface area contributed by atoms with Crippen LogP contribution in [0.4, 0.5) is 0 Å². The van der Waals surface area contributed by atoms with E-state index in [1.165, 1.54) is 18.4 Å². The normalized spacial score (nSPS) is 9.81. The monoisotopic (exact) mass is 276 g/mol. The number of unbranched alkanes of at least 4 members (excludes halogenated alkanes) is 1. The van der Waals surface area contributed by atoms with E-state index in [1.807, 2.05) is 24.3 Å². The fourth-order valence-electron chi connectivity index (χ4n) is 2.07. The Kier molecular flexibility index (Phi) is 5.35. The zero-order chi connectivity index (χ0) is 15.1. The van der Waals surface area contributed by atoms with Crippen LogP contribution in [0.3, 0.4) is 0 Å². The number of Topliss-reactive ketones (excluding diaryl/α,β-unsaturated/α-hetero) is 1. The predicted molar refractivity (Wildman–Crippen MR) is 87.5 cm³/mol. The van der Waals surface area contributed by atoms with Crippen LogP contribution in [-0.2, 0) is 6.42 Å². The molecule has 21 heavy (non-hydrogen) atoms. The van der Waals surface area contributed by atoms with E-state index in [9.17, 15) is 4.79 Å². The second kappa shape index (κ2) is 7.45. The summed E-state index contributed by atoms with van der Waals surface area (Å²) in [5, 5.41) is 0. The molecule has 2 aromatic rings. The maximum Gasteiger partial charge on any atom is 0.159 e. The highest BCUT2D eigenvalue weighted by molar-refractivity contribution is 5.94. The van der Waals surface area contributed by atoms with Crippen molar-refractivity contribution < 1.29 is 4.79 Å². The third-order valence-electron chi connectivity index (χ3n) is 3.42. The van der Waals surface area contributed by atoms with Crippen molar-refractivity contribution in [2.75, 3.05) is 0 Å². The van der Waals surface area contributed by atoms with Gasteiger partial charge in [0.1, 0.15) is 0 Å². The minimum Gasteiger partial charge on any atom is -0.295 e. The predicted octanol–water partition coefficient (Wildman–Crippen LogP) is 4.63. The zero-order valence-electron chi connectivity index (χ0n) is 12.6. The first-order valence-electron chi connectivity index (χ1n) is 7.41. The Hall–Kier alpha value is -2.33. The van der Waals surface area contributed by atoms with E-state index in [1.54, 1.807) is 6.92 Å². The van der Waals surface area contributed by atoms with Crippen LogP contribution < -0.4 is 0 Å². The smallest absolute Gasteiger partial charge is 0.159 e. The standard InChI is InChI=1S/C20H20O/c1-3-4-5-17-6-8-18(9-7-17)10-11-19-12-14-20(15-13-19)16(2)21/h6-9,12-15H,3-5H2,1-2H3. The Labute approximate surface area is 127 Å². The fraction of sp³-hybridized carbons (Fsp3) is 0.250. The molecule has 0 aliphatic rings. The van der Waals surface area contributed by atoms with Crippen LogP contribution in [0.25, 0.3) is 0 Å². The van der Waals surface area contributed by atoms with Crippen LogP contribution in [0.2, 0.25) is 0 Å². The molecule has 0 heterocycles. The van der Waals surface area contributed by atoms with Gasteiger partial charge in [0.25, 0.3) is 0 Å². The first kappa shape index (κ1) is 15.1. The fourth-order valence-corrected chi connectivity index (χ4v) is 2.07. The number of ketones is 1. The third kappa shape index (κ3) is 4.61. The van der Waals surface area contributed by atoms with E-state index in [4.69, 9.17) is 0 Å². The number of benzene rings is 2. The Balaban J connectivity index is 2.06. The molecule has 0 aliphatic carbocycles. The number of rotatable bonds is 4. The van der Waals surface area contributed by atoms with Crippen molar-refractivity contribution in [3.05, 3.63) is 70.8 Å². The molecule has 0 fully saturated rings. The van der Waals surface area contributed by atoms with Crippen molar-refractivity contribution in [2.45, 2.75) is 33.1 Å². The van der Waals surface area contributed by atoms with Gasteiger partial charge in [0, 0.05) is 16.7 Å². The molecule has 0 unspecified atom stereocenters. The maximum absolute atomic E-state index is 11.2. The molecule has 0 bridgehead atoms. The Morgan fingerprint density at radius 1 is 0.905 bits per heavy atom. The second-order valence-electron chi connectivity index (χ2n) is 5.18. The molecule has 0 amide bonds. The van der Waals surface area contributed by atoms with Gasteiger partial charge in [0.2, 0.25) is 0 Å². The molecule has 0 spiro atoms. The van der Waals surface area contributed by atoms with Gasteiger partial charge < -0.3 is 0 Å². The second-order valence-corrected chi connectivity index (χ2v) is 5.18. The highest BCUT2D eigenvalue weighted by atomic mass is 16.1. The van der Waals surface area contributed by atoms with Gasteiger partial charge in [-0.1, -0.05) is 49.5 Å². The van der Waals surface area contributed by atoms with Gasteiger partial charge in [-0.2, -0.15) is 0 Å². The summed E-state index contributed by atoms with van der Waals surface area (Å²) in [6, 6.07) is 15.9. The molecule has 0 N–H and O–H groups in total. The number of carbonyl (C=O) groups is 1. The Bertz CT molecular complexity index is 652. The lowest BCUT2D eigenvalue weighted by Gasteiger charge is -1.99. The number of hydrogen-bond donors (Lipinski definition) is 0. The van der Waals surface area contributed by atoms with E-state index in [0.717, 1.165) is 23.1 Å². The quantitative estimate of drug-likeness (QED) is 0.587. The maximum atomic E-state index is 11.2. The van der Waals surface area contributed by atoms with Gasteiger partial charge in [0.15, 0.2) is 5.78 Å². The van der Waals surface area contributed by atoms with Crippen molar-refractivity contribution in [3.8, 4) is 11.8 Å². The SMILES string of the molecule is CCCCc1ccc(C#Cc2ccc(C(C)=O)cc2)cc1. The summed E-state index contributed by atoms with van der Waals surface area (Å²) in [5.41, 5.74) is 4.04. The largest absolute Gasteiger partial charge is 0.295 e. The van der Waals surface area contributed by atoms with Crippen LogP contribution in [-0.4, -0.2) is 5.78 Å². The number of hydrogen-bond acceptors (Lipinski definition) is 1. The van der Waals surface area contributed by atoms with Crippen LogP contribution in [0.15, 0.2) is 48.5 Å². The first-order chi connectivity index (χ1) is 10.2. The molecular weight excluding hydrogens is 256 g/mol. The number of carbonyl (C=O) groups excluding carboxylic acids is 1. The Morgan fingerprint density at radius 3 is 1.90 bits per heavy atom. The summed E-state index contributed by atoms with van der Waals surface area (Å²) >= 11 is 0. The van der Waals surface area contributed by atoms with E-state index < -0.39 is 0 Å². The summed E-state index contributed by atoms with van der Waals surface area (Å²) in [5.74, 6) is 6.37.